The van der Waals surface area contributed by atoms with Crippen molar-refractivity contribution in [2.45, 2.75) is 26.2 Å². The van der Waals surface area contributed by atoms with E-state index in [4.69, 9.17) is 0 Å². The second-order valence-corrected chi connectivity index (χ2v) is 4.06. The van der Waals surface area contributed by atoms with Crippen molar-refractivity contribution in [2.75, 3.05) is 32.7 Å². The summed E-state index contributed by atoms with van der Waals surface area (Å²) in [6, 6.07) is 0. The van der Waals surface area contributed by atoms with Gasteiger partial charge in [0.25, 0.3) is 5.92 Å². The van der Waals surface area contributed by atoms with Crippen molar-refractivity contribution in [2.24, 2.45) is 0 Å². The minimum Gasteiger partial charge on any atom is -0.314 e. The molecule has 0 bridgehead atoms. The lowest BCUT2D eigenvalue weighted by molar-refractivity contribution is -0.118. The maximum absolute atomic E-state index is 12.5. The van der Waals surface area contributed by atoms with Crippen molar-refractivity contribution in [1.82, 2.24) is 10.2 Å². The Morgan fingerprint density at radius 3 is 2.41 bits per heavy atom. The minimum atomic E-state index is -2.74. The number of piperazine rings is 1. The van der Waals surface area contributed by atoms with Crippen LogP contribution in [0.25, 0.3) is 0 Å². The summed E-state index contributed by atoms with van der Waals surface area (Å²) in [5.74, 6) is -2.89. The minimum absolute atomic E-state index is 0.150. The van der Waals surface area contributed by atoms with E-state index < -0.39 is 5.92 Å². The molecular weight excluding hydrogens is 226 g/mol. The molecule has 0 aromatic rings. The molecule has 1 fully saturated rings. The molecular formula is C12H20F2N2O. The number of ketones is 1. The van der Waals surface area contributed by atoms with Gasteiger partial charge in [-0.05, 0) is 6.08 Å². The average molecular weight is 246 g/mol. The van der Waals surface area contributed by atoms with Crippen LogP contribution >= 0.6 is 0 Å². The molecule has 2 rings (SSSR count). The Labute approximate surface area is 101 Å². The number of nitrogens with zero attached hydrogens (tertiary/aromatic N) is 1. The van der Waals surface area contributed by atoms with Crippen LogP contribution in [0.1, 0.15) is 20.3 Å². The van der Waals surface area contributed by atoms with Crippen molar-refractivity contribution in [1.29, 1.82) is 0 Å². The molecule has 0 aromatic carbocycles. The van der Waals surface area contributed by atoms with Gasteiger partial charge in [-0.2, -0.15) is 0 Å². The fourth-order valence-corrected chi connectivity index (χ4v) is 1.83. The quantitative estimate of drug-likeness (QED) is 0.818. The first-order valence-corrected chi connectivity index (χ1v) is 6.13. The maximum Gasteiger partial charge on any atom is 0.271 e. The maximum atomic E-state index is 12.5. The topological polar surface area (TPSA) is 32.3 Å². The summed E-state index contributed by atoms with van der Waals surface area (Å²) in [6.45, 7) is 7.64. The van der Waals surface area contributed by atoms with Crippen LogP contribution in [0.3, 0.4) is 0 Å². The van der Waals surface area contributed by atoms with Crippen molar-refractivity contribution < 1.29 is 13.6 Å². The molecule has 0 radical (unpaired) electrons. The van der Waals surface area contributed by atoms with Gasteiger partial charge in [-0.15, -0.1) is 0 Å². The molecule has 1 aliphatic heterocycles. The lowest BCUT2D eigenvalue weighted by atomic mass is 9.91. The van der Waals surface area contributed by atoms with Crippen LogP contribution in [0.4, 0.5) is 8.78 Å². The Morgan fingerprint density at radius 2 is 1.94 bits per heavy atom. The highest BCUT2D eigenvalue weighted by Gasteiger charge is 2.39. The second-order valence-electron chi connectivity index (χ2n) is 4.06. The summed E-state index contributed by atoms with van der Waals surface area (Å²) in [4.78, 5) is 13.5. The molecule has 0 unspecified atom stereocenters. The average Bonchev–Trinajstić information content (AvgIpc) is 2.30. The van der Waals surface area contributed by atoms with Crippen LogP contribution in [0, 0.1) is 0 Å². The van der Waals surface area contributed by atoms with Crippen LogP contribution in [-0.4, -0.2) is 49.3 Å². The molecule has 1 saturated heterocycles. The van der Waals surface area contributed by atoms with Crippen LogP contribution in [0.5, 0.6) is 0 Å². The first-order valence-electron chi connectivity index (χ1n) is 6.13. The van der Waals surface area contributed by atoms with Crippen molar-refractivity contribution in [3.63, 3.8) is 0 Å². The highest BCUT2D eigenvalue weighted by molar-refractivity contribution is 5.98. The third kappa shape index (κ3) is 4.16. The van der Waals surface area contributed by atoms with E-state index in [-0.39, 0.29) is 18.7 Å². The van der Waals surface area contributed by atoms with E-state index >= 15 is 0 Å². The number of halogens is 2. The third-order valence-corrected chi connectivity index (χ3v) is 2.75. The Kier molecular flexibility index (Phi) is 5.21. The van der Waals surface area contributed by atoms with Gasteiger partial charge in [0.2, 0.25) is 0 Å². The number of nitrogens with one attached hydrogen (secondary N) is 1. The van der Waals surface area contributed by atoms with Gasteiger partial charge in [0.05, 0.1) is 6.54 Å². The molecule has 17 heavy (non-hydrogen) atoms. The van der Waals surface area contributed by atoms with Crippen molar-refractivity contribution in [3.05, 3.63) is 11.6 Å². The summed E-state index contributed by atoms with van der Waals surface area (Å²) in [6.07, 6.45) is 0.412. The van der Waals surface area contributed by atoms with Gasteiger partial charge in [-0.1, -0.05) is 13.8 Å². The largest absolute Gasteiger partial charge is 0.314 e. The van der Waals surface area contributed by atoms with E-state index in [0.717, 1.165) is 32.3 Å². The van der Waals surface area contributed by atoms with E-state index in [0.29, 0.717) is 5.57 Å². The number of carbonyl (C=O) groups excluding carboxylic acids is 1. The highest BCUT2D eigenvalue weighted by Crippen LogP contribution is 2.35. The van der Waals surface area contributed by atoms with Gasteiger partial charge in [0.1, 0.15) is 0 Å². The van der Waals surface area contributed by atoms with Gasteiger partial charge in [0.15, 0.2) is 5.78 Å². The van der Waals surface area contributed by atoms with Gasteiger partial charge in [-0.25, -0.2) is 8.78 Å². The van der Waals surface area contributed by atoms with Crippen LogP contribution < -0.4 is 5.32 Å². The van der Waals surface area contributed by atoms with Gasteiger partial charge >= 0.3 is 0 Å². The number of Topliss-reactive ketones (excluding diaryl/α,β-unsaturated/α-hetero) is 1. The molecule has 5 heteroatoms. The molecule has 0 aromatic heterocycles. The zero-order chi connectivity index (χ0) is 12.9. The SMILES string of the molecule is CC.O=C(CN1CCNCC1)C1=CC(F)(F)C1. The van der Waals surface area contributed by atoms with Gasteiger partial charge in [-0.3, -0.25) is 9.69 Å². The molecule has 0 atom stereocenters. The lowest BCUT2D eigenvalue weighted by Crippen LogP contribution is -2.46. The molecule has 98 valence electrons. The smallest absolute Gasteiger partial charge is 0.271 e. The molecule has 1 aliphatic carbocycles. The Balaban J connectivity index is 0.000000686. The second kappa shape index (κ2) is 6.21. The van der Waals surface area contributed by atoms with E-state index in [2.05, 4.69) is 5.32 Å². The number of alkyl halides is 2. The van der Waals surface area contributed by atoms with Crippen molar-refractivity contribution >= 4 is 5.78 Å². The van der Waals surface area contributed by atoms with E-state index in [9.17, 15) is 13.6 Å². The van der Waals surface area contributed by atoms with Crippen LogP contribution in [-0.2, 0) is 4.79 Å². The zero-order valence-electron chi connectivity index (χ0n) is 10.4. The molecule has 1 heterocycles. The molecule has 0 saturated carbocycles. The van der Waals surface area contributed by atoms with E-state index in [1.54, 1.807) is 0 Å². The molecule has 1 N–H and O–H groups in total. The molecule has 2 aliphatic rings. The normalized spacial score (nSPS) is 22.9. The Morgan fingerprint density at radius 1 is 1.41 bits per heavy atom. The number of hydrogen-bond acceptors (Lipinski definition) is 3. The highest BCUT2D eigenvalue weighted by atomic mass is 19.3. The Bertz CT molecular complexity index is 297. The molecule has 3 nitrogen and oxygen atoms in total. The lowest BCUT2D eigenvalue weighted by Gasteiger charge is -2.29. The summed E-state index contributed by atoms with van der Waals surface area (Å²) >= 11 is 0. The van der Waals surface area contributed by atoms with Gasteiger partial charge < -0.3 is 5.32 Å². The predicted octanol–water partition coefficient (Wildman–Crippen LogP) is 1.45. The van der Waals surface area contributed by atoms with E-state index in [1.165, 1.54) is 0 Å². The zero-order valence-corrected chi connectivity index (χ0v) is 10.4. The Hall–Kier alpha value is -0.810. The predicted molar refractivity (Wildman–Crippen MR) is 63.3 cm³/mol. The first kappa shape index (κ1) is 14.3. The van der Waals surface area contributed by atoms with E-state index in [1.807, 2.05) is 18.7 Å². The van der Waals surface area contributed by atoms with Crippen LogP contribution in [0.2, 0.25) is 0 Å². The summed E-state index contributed by atoms with van der Waals surface area (Å²) in [7, 11) is 0. The number of rotatable bonds is 3. The molecule has 0 spiro atoms. The summed E-state index contributed by atoms with van der Waals surface area (Å²) < 4.78 is 24.9. The number of carbonyl (C=O) groups is 1. The standard InChI is InChI=1S/C10H14F2N2O.C2H6/c11-10(12)5-8(6-10)9(15)7-14-3-1-13-2-4-14;1-2/h5,13H,1-4,6-7H2;1-2H3. The molecule has 0 amide bonds. The number of allylic oxidation sites excluding steroid dienone is 1. The van der Waals surface area contributed by atoms with Crippen molar-refractivity contribution in [3.8, 4) is 0 Å². The third-order valence-electron chi connectivity index (χ3n) is 2.75. The first-order chi connectivity index (χ1) is 8.07. The van der Waals surface area contributed by atoms with Crippen LogP contribution in [0.15, 0.2) is 11.6 Å². The fourth-order valence-electron chi connectivity index (χ4n) is 1.83. The number of hydrogen-bond donors (Lipinski definition) is 1. The monoisotopic (exact) mass is 246 g/mol. The van der Waals surface area contributed by atoms with Gasteiger partial charge in [0, 0.05) is 38.2 Å². The summed E-state index contributed by atoms with van der Waals surface area (Å²) in [5, 5.41) is 3.17. The fraction of sp³-hybridized carbons (Fsp3) is 0.750. The summed E-state index contributed by atoms with van der Waals surface area (Å²) in [5.41, 5.74) is 0.290.